The first-order chi connectivity index (χ1) is 7.97. The van der Waals surface area contributed by atoms with Crippen LogP contribution in [0.2, 0.25) is 0 Å². The van der Waals surface area contributed by atoms with E-state index in [0.29, 0.717) is 15.8 Å². The zero-order chi connectivity index (χ0) is 13.0. The maximum Gasteiger partial charge on any atom is 0.253 e. The summed E-state index contributed by atoms with van der Waals surface area (Å²) in [5.41, 5.74) is 5.45. The van der Waals surface area contributed by atoms with Gasteiger partial charge in [0, 0.05) is 0 Å². The molecule has 2 amide bonds. The maximum absolute atomic E-state index is 11.8. The van der Waals surface area contributed by atoms with Crippen molar-refractivity contribution in [3.8, 4) is 5.75 Å². The Balaban J connectivity index is 2.93. The van der Waals surface area contributed by atoms with Gasteiger partial charge in [-0.05, 0) is 35.0 Å². The van der Waals surface area contributed by atoms with E-state index in [-0.39, 0.29) is 5.91 Å². The average molecular weight is 301 g/mol. The molecule has 0 heterocycles. The molecule has 0 unspecified atom stereocenters. The fraction of sp³-hybridized carbons (Fsp3) is 0.273. The molecule has 17 heavy (non-hydrogen) atoms. The van der Waals surface area contributed by atoms with Crippen molar-refractivity contribution in [2.75, 3.05) is 7.11 Å². The van der Waals surface area contributed by atoms with Crippen molar-refractivity contribution in [2.24, 2.45) is 5.73 Å². The van der Waals surface area contributed by atoms with Gasteiger partial charge in [-0.25, -0.2) is 0 Å². The zero-order valence-electron chi connectivity index (χ0n) is 9.49. The quantitative estimate of drug-likeness (QED) is 0.872. The highest BCUT2D eigenvalue weighted by Crippen LogP contribution is 2.28. The molecular weight excluding hydrogens is 288 g/mol. The van der Waals surface area contributed by atoms with E-state index in [1.807, 2.05) is 0 Å². The first kappa shape index (κ1) is 13.5. The largest absolute Gasteiger partial charge is 0.496 e. The predicted octanol–water partition coefficient (Wildman–Crippen LogP) is 1.06. The van der Waals surface area contributed by atoms with E-state index in [4.69, 9.17) is 10.5 Å². The molecule has 1 atom stereocenters. The number of carbonyl (C=O) groups is 2. The van der Waals surface area contributed by atoms with Crippen molar-refractivity contribution in [1.29, 1.82) is 0 Å². The summed E-state index contributed by atoms with van der Waals surface area (Å²) >= 11 is 3.27. The molecule has 0 saturated heterocycles. The summed E-state index contributed by atoms with van der Waals surface area (Å²) in [5.74, 6) is -0.427. The Hall–Kier alpha value is -1.56. The van der Waals surface area contributed by atoms with Crippen molar-refractivity contribution in [3.63, 3.8) is 0 Å². The number of primary amides is 1. The molecule has 1 aromatic carbocycles. The first-order valence-electron chi connectivity index (χ1n) is 4.90. The first-order valence-corrected chi connectivity index (χ1v) is 5.69. The van der Waals surface area contributed by atoms with Crippen molar-refractivity contribution in [1.82, 2.24) is 5.32 Å². The third kappa shape index (κ3) is 3.20. The van der Waals surface area contributed by atoms with E-state index in [1.165, 1.54) is 14.0 Å². The molecule has 0 bridgehead atoms. The van der Waals surface area contributed by atoms with Gasteiger partial charge in [0.25, 0.3) is 5.91 Å². The molecule has 0 aliphatic heterocycles. The van der Waals surface area contributed by atoms with Gasteiger partial charge in [-0.2, -0.15) is 0 Å². The fourth-order valence-electron chi connectivity index (χ4n) is 1.19. The van der Waals surface area contributed by atoms with Gasteiger partial charge in [-0.15, -0.1) is 0 Å². The van der Waals surface area contributed by atoms with E-state index in [1.54, 1.807) is 18.2 Å². The SMILES string of the molecule is COc1cccc(C(=O)N[C@H](C)C(N)=O)c1Br. The molecule has 0 spiro atoms. The van der Waals surface area contributed by atoms with Crippen molar-refractivity contribution in [2.45, 2.75) is 13.0 Å². The second-order valence-corrected chi connectivity index (χ2v) is 4.21. The zero-order valence-corrected chi connectivity index (χ0v) is 11.1. The number of nitrogens with one attached hydrogen (secondary N) is 1. The van der Waals surface area contributed by atoms with Gasteiger partial charge in [0.2, 0.25) is 5.91 Å². The highest BCUT2D eigenvalue weighted by molar-refractivity contribution is 9.10. The number of halogens is 1. The van der Waals surface area contributed by atoms with Crippen LogP contribution in [-0.4, -0.2) is 25.0 Å². The minimum atomic E-state index is -0.722. The van der Waals surface area contributed by atoms with Crippen LogP contribution in [0.3, 0.4) is 0 Å². The van der Waals surface area contributed by atoms with E-state index in [2.05, 4.69) is 21.2 Å². The molecule has 0 fully saturated rings. The van der Waals surface area contributed by atoms with Gasteiger partial charge in [-0.1, -0.05) is 6.07 Å². The second-order valence-electron chi connectivity index (χ2n) is 3.42. The topological polar surface area (TPSA) is 81.4 Å². The number of carbonyl (C=O) groups excluding carboxylic acids is 2. The summed E-state index contributed by atoms with van der Waals surface area (Å²) in [7, 11) is 1.51. The van der Waals surface area contributed by atoms with Crippen LogP contribution in [0.4, 0.5) is 0 Å². The summed E-state index contributed by atoms with van der Waals surface area (Å²) in [4.78, 5) is 22.7. The number of hydrogen-bond donors (Lipinski definition) is 2. The molecule has 0 radical (unpaired) electrons. The lowest BCUT2D eigenvalue weighted by atomic mass is 10.2. The van der Waals surface area contributed by atoms with Crippen LogP contribution in [0.1, 0.15) is 17.3 Å². The van der Waals surface area contributed by atoms with Crippen LogP contribution in [0, 0.1) is 0 Å². The van der Waals surface area contributed by atoms with E-state index in [9.17, 15) is 9.59 Å². The van der Waals surface area contributed by atoms with Crippen LogP contribution >= 0.6 is 15.9 Å². The minimum Gasteiger partial charge on any atom is -0.496 e. The molecule has 6 heteroatoms. The summed E-state index contributed by atoms with van der Waals surface area (Å²) in [6.45, 7) is 1.52. The van der Waals surface area contributed by atoms with E-state index >= 15 is 0 Å². The van der Waals surface area contributed by atoms with Gasteiger partial charge >= 0.3 is 0 Å². The Morgan fingerprint density at radius 1 is 1.47 bits per heavy atom. The predicted molar refractivity (Wildman–Crippen MR) is 66.8 cm³/mol. The van der Waals surface area contributed by atoms with E-state index in [0.717, 1.165) is 0 Å². The molecule has 3 N–H and O–H groups in total. The van der Waals surface area contributed by atoms with Gasteiger partial charge in [0.1, 0.15) is 11.8 Å². The number of benzene rings is 1. The van der Waals surface area contributed by atoms with Crippen LogP contribution < -0.4 is 15.8 Å². The van der Waals surface area contributed by atoms with Gasteiger partial charge in [0.05, 0.1) is 17.1 Å². The average Bonchev–Trinajstić information content (AvgIpc) is 2.28. The Bertz CT molecular complexity index is 448. The molecule has 92 valence electrons. The fourth-order valence-corrected chi connectivity index (χ4v) is 1.80. The van der Waals surface area contributed by atoms with Crippen molar-refractivity contribution in [3.05, 3.63) is 28.2 Å². The number of nitrogens with two attached hydrogens (primary N) is 1. The lowest BCUT2D eigenvalue weighted by Gasteiger charge is -2.12. The molecular formula is C11H13BrN2O3. The molecule has 0 aromatic heterocycles. The molecule has 5 nitrogen and oxygen atoms in total. The lowest BCUT2D eigenvalue weighted by molar-refractivity contribution is -0.119. The standard InChI is InChI=1S/C11H13BrN2O3/c1-6(10(13)15)14-11(16)7-4-3-5-8(17-2)9(7)12/h3-6H,1-2H3,(H2,13,15)(H,14,16)/t6-/m1/s1. The Morgan fingerprint density at radius 3 is 2.65 bits per heavy atom. The van der Waals surface area contributed by atoms with E-state index < -0.39 is 11.9 Å². The Labute approximate surface area is 107 Å². The monoisotopic (exact) mass is 300 g/mol. The van der Waals surface area contributed by atoms with Crippen LogP contribution in [-0.2, 0) is 4.79 Å². The van der Waals surface area contributed by atoms with Crippen LogP contribution in [0.5, 0.6) is 5.75 Å². The highest BCUT2D eigenvalue weighted by Gasteiger charge is 2.17. The van der Waals surface area contributed by atoms with Gasteiger partial charge in [-0.3, -0.25) is 9.59 Å². The summed E-state index contributed by atoms with van der Waals surface area (Å²) in [5, 5.41) is 2.49. The molecule has 0 aliphatic carbocycles. The number of hydrogen-bond acceptors (Lipinski definition) is 3. The Morgan fingerprint density at radius 2 is 2.12 bits per heavy atom. The number of amides is 2. The van der Waals surface area contributed by atoms with Crippen molar-refractivity contribution >= 4 is 27.7 Å². The smallest absolute Gasteiger partial charge is 0.253 e. The summed E-state index contributed by atoms with van der Waals surface area (Å²) in [6, 6.07) is 4.31. The summed E-state index contributed by atoms with van der Waals surface area (Å²) in [6.07, 6.45) is 0. The number of ether oxygens (including phenoxy) is 1. The van der Waals surface area contributed by atoms with Crippen LogP contribution in [0.15, 0.2) is 22.7 Å². The molecule has 0 saturated carbocycles. The maximum atomic E-state index is 11.8. The Kier molecular flexibility index (Phi) is 4.51. The number of methoxy groups -OCH3 is 1. The minimum absolute atomic E-state index is 0.387. The normalized spacial score (nSPS) is 11.7. The van der Waals surface area contributed by atoms with Gasteiger partial charge in [0.15, 0.2) is 0 Å². The van der Waals surface area contributed by atoms with Crippen LogP contribution in [0.25, 0.3) is 0 Å². The third-order valence-electron chi connectivity index (χ3n) is 2.20. The van der Waals surface area contributed by atoms with Crippen molar-refractivity contribution < 1.29 is 14.3 Å². The molecule has 0 aliphatic rings. The molecule has 1 aromatic rings. The third-order valence-corrected chi connectivity index (χ3v) is 3.02. The second kappa shape index (κ2) is 5.67. The number of rotatable bonds is 4. The lowest BCUT2D eigenvalue weighted by Crippen LogP contribution is -2.42. The molecule has 1 rings (SSSR count). The summed E-state index contributed by atoms with van der Waals surface area (Å²) < 4.78 is 5.61. The van der Waals surface area contributed by atoms with Gasteiger partial charge < -0.3 is 15.8 Å². The highest BCUT2D eigenvalue weighted by atomic mass is 79.9.